The predicted octanol–water partition coefficient (Wildman–Crippen LogP) is 1.35. The van der Waals surface area contributed by atoms with Crippen molar-refractivity contribution in [2.75, 3.05) is 5.32 Å². The summed E-state index contributed by atoms with van der Waals surface area (Å²) in [6.07, 6.45) is 0. The van der Waals surface area contributed by atoms with E-state index in [9.17, 15) is 19.5 Å². The Kier molecular flexibility index (Phi) is 4.14. The van der Waals surface area contributed by atoms with Gasteiger partial charge in [-0.15, -0.1) is 0 Å². The van der Waals surface area contributed by atoms with E-state index >= 15 is 0 Å². The smallest absolute Gasteiger partial charge is 0.254 e. The number of anilines is 1. The van der Waals surface area contributed by atoms with Crippen LogP contribution in [0.2, 0.25) is 0 Å². The summed E-state index contributed by atoms with van der Waals surface area (Å²) in [6.45, 7) is 1.47. The second-order valence-electron chi connectivity index (χ2n) is 5.83. The molecule has 3 rings (SSSR count). The van der Waals surface area contributed by atoms with Crippen molar-refractivity contribution in [2.45, 2.75) is 13.5 Å². The zero-order valence-electron chi connectivity index (χ0n) is 13.8. The number of amides is 1. The van der Waals surface area contributed by atoms with Crippen molar-refractivity contribution < 1.29 is 9.90 Å². The van der Waals surface area contributed by atoms with Crippen molar-refractivity contribution >= 4 is 22.5 Å². The van der Waals surface area contributed by atoms with Crippen LogP contribution in [-0.2, 0) is 18.4 Å². The maximum atomic E-state index is 12.3. The number of nitrogens with one attached hydrogen (secondary N) is 1. The zero-order valence-corrected chi connectivity index (χ0v) is 13.8. The molecule has 2 aromatic heterocycles. The van der Waals surface area contributed by atoms with E-state index < -0.39 is 5.56 Å². The highest BCUT2D eigenvalue weighted by atomic mass is 16.3. The molecule has 0 aliphatic heterocycles. The lowest BCUT2D eigenvalue weighted by atomic mass is 10.2. The molecule has 0 fully saturated rings. The van der Waals surface area contributed by atoms with Gasteiger partial charge < -0.3 is 19.6 Å². The SMILES string of the molecule is Cc1cc(O)cc(=O)n1CC(=O)Nc1ccc2ccc(=O)n(C)c2c1. The van der Waals surface area contributed by atoms with Crippen LogP contribution in [0.4, 0.5) is 5.69 Å². The fourth-order valence-electron chi connectivity index (χ4n) is 2.70. The summed E-state index contributed by atoms with van der Waals surface area (Å²) in [5, 5.41) is 13.0. The monoisotopic (exact) mass is 339 g/mol. The lowest BCUT2D eigenvalue weighted by Crippen LogP contribution is -2.28. The van der Waals surface area contributed by atoms with Crippen molar-refractivity contribution in [3.63, 3.8) is 0 Å². The number of nitrogens with zero attached hydrogens (tertiary/aromatic N) is 2. The average molecular weight is 339 g/mol. The third kappa shape index (κ3) is 3.30. The van der Waals surface area contributed by atoms with Crippen molar-refractivity contribution in [3.8, 4) is 5.75 Å². The first kappa shape index (κ1) is 16.5. The molecule has 2 heterocycles. The molecule has 128 valence electrons. The zero-order chi connectivity index (χ0) is 18.1. The minimum absolute atomic E-state index is 0.130. The van der Waals surface area contributed by atoms with Gasteiger partial charge in [0, 0.05) is 30.6 Å². The largest absolute Gasteiger partial charge is 0.508 e. The molecular weight excluding hydrogens is 322 g/mol. The summed E-state index contributed by atoms with van der Waals surface area (Å²) < 4.78 is 2.77. The lowest BCUT2D eigenvalue weighted by molar-refractivity contribution is -0.116. The minimum Gasteiger partial charge on any atom is -0.508 e. The van der Waals surface area contributed by atoms with Crippen LogP contribution >= 0.6 is 0 Å². The molecule has 7 heteroatoms. The van der Waals surface area contributed by atoms with Gasteiger partial charge in [0.05, 0.1) is 5.52 Å². The van der Waals surface area contributed by atoms with Gasteiger partial charge in [-0.3, -0.25) is 14.4 Å². The standard InChI is InChI=1S/C18H17N3O4/c1-11-7-14(22)9-18(25)21(11)10-16(23)19-13-5-3-12-4-6-17(24)20(2)15(12)8-13/h3-9,22H,10H2,1-2H3,(H,19,23). The molecule has 25 heavy (non-hydrogen) atoms. The number of benzene rings is 1. The van der Waals surface area contributed by atoms with E-state index in [-0.39, 0.29) is 23.8 Å². The molecule has 7 nitrogen and oxygen atoms in total. The van der Waals surface area contributed by atoms with Crippen LogP contribution < -0.4 is 16.4 Å². The van der Waals surface area contributed by atoms with Crippen LogP contribution in [0, 0.1) is 6.92 Å². The van der Waals surface area contributed by atoms with Crippen LogP contribution in [0.5, 0.6) is 5.75 Å². The molecule has 0 unspecified atom stereocenters. The number of aryl methyl sites for hydroxylation is 2. The average Bonchev–Trinajstić information content (AvgIpc) is 2.55. The molecule has 0 saturated carbocycles. The maximum absolute atomic E-state index is 12.3. The van der Waals surface area contributed by atoms with E-state index in [4.69, 9.17) is 0 Å². The van der Waals surface area contributed by atoms with Crippen LogP contribution in [-0.4, -0.2) is 20.1 Å². The van der Waals surface area contributed by atoms with Crippen LogP contribution in [0.15, 0.2) is 52.1 Å². The van der Waals surface area contributed by atoms with Gasteiger partial charge in [0.2, 0.25) is 5.91 Å². The Bertz CT molecular complexity index is 1100. The normalized spacial score (nSPS) is 10.8. The van der Waals surface area contributed by atoms with Gasteiger partial charge in [-0.05, 0) is 36.6 Å². The highest BCUT2D eigenvalue weighted by Crippen LogP contribution is 2.17. The van der Waals surface area contributed by atoms with Crippen LogP contribution in [0.1, 0.15) is 5.69 Å². The number of carbonyl (C=O) groups excluding carboxylic acids is 1. The van der Waals surface area contributed by atoms with Gasteiger partial charge in [0.25, 0.3) is 11.1 Å². The molecule has 1 aromatic carbocycles. The number of hydrogen-bond acceptors (Lipinski definition) is 4. The Morgan fingerprint density at radius 2 is 1.80 bits per heavy atom. The Balaban J connectivity index is 1.86. The van der Waals surface area contributed by atoms with Gasteiger partial charge in [-0.2, -0.15) is 0 Å². The number of aromatic hydroxyl groups is 1. The summed E-state index contributed by atoms with van der Waals surface area (Å²) in [7, 11) is 1.66. The van der Waals surface area contributed by atoms with Crippen LogP contribution in [0.3, 0.4) is 0 Å². The maximum Gasteiger partial charge on any atom is 0.254 e. The first-order valence-electron chi connectivity index (χ1n) is 7.65. The van der Waals surface area contributed by atoms with Crippen LogP contribution in [0.25, 0.3) is 10.9 Å². The fraction of sp³-hybridized carbons (Fsp3) is 0.167. The predicted molar refractivity (Wildman–Crippen MR) is 94.9 cm³/mol. The topological polar surface area (TPSA) is 93.3 Å². The quantitative estimate of drug-likeness (QED) is 0.753. The summed E-state index contributed by atoms with van der Waals surface area (Å²) >= 11 is 0. The summed E-state index contributed by atoms with van der Waals surface area (Å²) in [5.41, 5.74) is 1.13. The first-order valence-corrected chi connectivity index (χ1v) is 7.65. The van der Waals surface area contributed by atoms with E-state index in [1.807, 2.05) is 6.07 Å². The lowest BCUT2D eigenvalue weighted by Gasteiger charge is -2.11. The molecule has 0 aliphatic carbocycles. The fourth-order valence-corrected chi connectivity index (χ4v) is 2.70. The van der Waals surface area contributed by atoms with Crippen molar-refractivity contribution in [2.24, 2.45) is 7.05 Å². The molecule has 0 saturated heterocycles. The number of pyridine rings is 2. The molecule has 0 bridgehead atoms. The van der Waals surface area contributed by atoms with Gasteiger partial charge in [-0.1, -0.05) is 6.07 Å². The van der Waals surface area contributed by atoms with E-state index in [0.717, 1.165) is 11.5 Å². The van der Waals surface area contributed by atoms with Gasteiger partial charge in [0.1, 0.15) is 12.3 Å². The molecule has 2 N–H and O–H groups in total. The molecule has 0 radical (unpaired) electrons. The second-order valence-corrected chi connectivity index (χ2v) is 5.83. The first-order chi connectivity index (χ1) is 11.8. The van der Waals surface area contributed by atoms with E-state index in [2.05, 4.69) is 5.32 Å². The highest BCUT2D eigenvalue weighted by molar-refractivity contribution is 5.93. The van der Waals surface area contributed by atoms with Crippen molar-refractivity contribution in [3.05, 3.63) is 68.9 Å². The Labute approximate surface area is 142 Å². The molecule has 1 amide bonds. The molecule has 3 aromatic rings. The Hall–Kier alpha value is -3.35. The number of rotatable bonds is 3. The third-order valence-electron chi connectivity index (χ3n) is 4.03. The Morgan fingerprint density at radius 3 is 2.52 bits per heavy atom. The van der Waals surface area contributed by atoms with Crippen molar-refractivity contribution in [1.29, 1.82) is 0 Å². The summed E-state index contributed by atoms with van der Waals surface area (Å²) in [6, 6.07) is 10.9. The minimum atomic E-state index is -0.450. The highest BCUT2D eigenvalue weighted by Gasteiger charge is 2.09. The third-order valence-corrected chi connectivity index (χ3v) is 4.03. The van der Waals surface area contributed by atoms with Gasteiger partial charge in [0.15, 0.2) is 0 Å². The van der Waals surface area contributed by atoms with Gasteiger partial charge >= 0.3 is 0 Å². The molecule has 0 spiro atoms. The van der Waals surface area contributed by atoms with E-state index in [1.165, 1.54) is 21.3 Å². The van der Waals surface area contributed by atoms with Gasteiger partial charge in [-0.25, -0.2) is 0 Å². The Morgan fingerprint density at radius 1 is 1.08 bits per heavy atom. The molecular formula is C18H17N3O4. The second kappa shape index (κ2) is 6.27. The van der Waals surface area contributed by atoms with Crippen molar-refractivity contribution in [1.82, 2.24) is 9.13 Å². The van der Waals surface area contributed by atoms with E-state index in [0.29, 0.717) is 16.9 Å². The molecule has 0 aliphatic rings. The van der Waals surface area contributed by atoms with E-state index in [1.54, 1.807) is 32.2 Å². The summed E-state index contributed by atoms with van der Waals surface area (Å²) in [5.74, 6) is -0.509. The summed E-state index contributed by atoms with van der Waals surface area (Å²) in [4.78, 5) is 35.9. The number of fused-ring (bicyclic) bond motifs is 1. The number of carbonyl (C=O) groups is 1. The number of hydrogen-bond donors (Lipinski definition) is 2. The molecule has 0 atom stereocenters. The number of aromatic nitrogens is 2.